The van der Waals surface area contributed by atoms with Gasteiger partial charge in [0.25, 0.3) is 0 Å². The van der Waals surface area contributed by atoms with E-state index in [1.54, 1.807) is 0 Å². The zero-order valence-corrected chi connectivity index (χ0v) is 11.7. The first-order valence-corrected chi connectivity index (χ1v) is 7.22. The van der Waals surface area contributed by atoms with Gasteiger partial charge in [0.05, 0.1) is 12.6 Å². The fourth-order valence-corrected chi connectivity index (χ4v) is 2.98. The van der Waals surface area contributed by atoms with E-state index in [9.17, 15) is 4.79 Å². The number of nitrogens with zero attached hydrogens (tertiary/aromatic N) is 1. The highest BCUT2D eigenvalue weighted by molar-refractivity contribution is 5.76. The molecule has 0 aliphatic carbocycles. The first-order chi connectivity index (χ1) is 8.68. The SMILES string of the molecule is CC(CC(=O)N(C)C1CCOC1)C1CCCNC1. The number of nitrogens with one attached hydrogen (secondary N) is 1. The van der Waals surface area contributed by atoms with Gasteiger partial charge in [-0.15, -0.1) is 0 Å². The van der Waals surface area contributed by atoms with E-state index in [0.29, 0.717) is 30.9 Å². The van der Waals surface area contributed by atoms with Crippen LogP contribution in [-0.2, 0) is 9.53 Å². The van der Waals surface area contributed by atoms with E-state index in [1.165, 1.54) is 12.8 Å². The topological polar surface area (TPSA) is 41.6 Å². The molecule has 0 bridgehead atoms. The molecule has 0 spiro atoms. The van der Waals surface area contributed by atoms with E-state index < -0.39 is 0 Å². The molecule has 2 saturated heterocycles. The summed E-state index contributed by atoms with van der Waals surface area (Å²) in [6, 6.07) is 0.300. The minimum atomic E-state index is 0.281. The predicted octanol–water partition coefficient (Wildman–Crippen LogP) is 1.26. The number of amides is 1. The van der Waals surface area contributed by atoms with Gasteiger partial charge in [-0.05, 0) is 44.2 Å². The van der Waals surface area contributed by atoms with Crippen molar-refractivity contribution in [3.05, 3.63) is 0 Å². The molecule has 0 radical (unpaired) electrons. The van der Waals surface area contributed by atoms with Crippen molar-refractivity contribution in [3.63, 3.8) is 0 Å². The molecule has 1 N–H and O–H groups in total. The Bertz CT molecular complexity index is 271. The highest BCUT2D eigenvalue weighted by Crippen LogP contribution is 2.24. The van der Waals surface area contributed by atoms with Crippen LogP contribution in [-0.4, -0.2) is 50.2 Å². The number of ether oxygens (including phenoxy) is 1. The number of hydrogen-bond donors (Lipinski definition) is 1. The first-order valence-electron chi connectivity index (χ1n) is 7.22. The fraction of sp³-hybridized carbons (Fsp3) is 0.929. The molecular formula is C14H26N2O2. The Morgan fingerprint density at radius 3 is 2.94 bits per heavy atom. The van der Waals surface area contributed by atoms with Gasteiger partial charge in [0, 0.05) is 20.1 Å². The highest BCUT2D eigenvalue weighted by atomic mass is 16.5. The molecule has 0 aromatic carbocycles. The number of carbonyl (C=O) groups excluding carboxylic acids is 1. The summed E-state index contributed by atoms with van der Waals surface area (Å²) in [6.45, 7) is 5.93. The van der Waals surface area contributed by atoms with Crippen molar-refractivity contribution < 1.29 is 9.53 Å². The van der Waals surface area contributed by atoms with Gasteiger partial charge in [-0.1, -0.05) is 6.92 Å². The summed E-state index contributed by atoms with van der Waals surface area (Å²) in [5, 5.41) is 3.43. The Morgan fingerprint density at radius 1 is 1.50 bits per heavy atom. The maximum atomic E-state index is 12.2. The van der Waals surface area contributed by atoms with Crippen molar-refractivity contribution >= 4 is 5.91 Å². The Kier molecular flexibility index (Phi) is 5.01. The predicted molar refractivity (Wildman–Crippen MR) is 71.4 cm³/mol. The number of likely N-dealkylation sites (N-methyl/N-ethyl adjacent to an activating group) is 1. The summed E-state index contributed by atoms with van der Waals surface area (Å²) in [7, 11) is 1.92. The van der Waals surface area contributed by atoms with Crippen LogP contribution in [0.3, 0.4) is 0 Å². The highest BCUT2D eigenvalue weighted by Gasteiger charge is 2.27. The molecule has 4 heteroatoms. The zero-order chi connectivity index (χ0) is 13.0. The normalized spacial score (nSPS) is 30.1. The van der Waals surface area contributed by atoms with Crippen LogP contribution in [0.2, 0.25) is 0 Å². The van der Waals surface area contributed by atoms with Crippen LogP contribution in [0.15, 0.2) is 0 Å². The first kappa shape index (κ1) is 13.8. The van der Waals surface area contributed by atoms with Crippen molar-refractivity contribution in [1.29, 1.82) is 0 Å². The van der Waals surface area contributed by atoms with Gasteiger partial charge < -0.3 is 15.0 Å². The van der Waals surface area contributed by atoms with E-state index in [1.807, 2.05) is 11.9 Å². The average Bonchev–Trinajstić information content (AvgIpc) is 2.92. The van der Waals surface area contributed by atoms with Gasteiger partial charge in [0.15, 0.2) is 0 Å². The largest absolute Gasteiger partial charge is 0.379 e. The van der Waals surface area contributed by atoms with Crippen LogP contribution in [0.4, 0.5) is 0 Å². The molecule has 18 heavy (non-hydrogen) atoms. The van der Waals surface area contributed by atoms with Crippen LogP contribution in [0.25, 0.3) is 0 Å². The molecule has 0 aromatic rings. The van der Waals surface area contributed by atoms with Crippen LogP contribution >= 0.6 is 0 Å². The molecule has 3 unspecified atom stereocenters. The molecular weight excluding hydrogens is 228 g/mol. The molecule has 2 aliphatic heterocycles. The summed E-state index contributed by atoms with van der Waals surface area (Å²) < 4.78 is 5.35. The third-order valence-corrected chi connectivity index (χ3v) is 4.48. The van der Waals surface area contributed by atoms with Crippen LogP contribution < -0.4 is 5.32 Å². The summed E-state index contributed by atoms with van der Waals surface area (Å²) in [4.78, 5) is 14.1. The van der Waals surface area contributed by atoms with E-state index in [2.05, 4.69) is 12.2 Å². The summed E-state index contributed by atoms with van der Waals surface area (Å²) in [5.74, 6) is 1.43. The maximum Gasteiger partial charge on any atom is 0.222 e. The standard InChI is InChI=1S/C14H26N2O2/c1-11(12-4-3-6-15-9-12)8-14(17)16(2)13-5-7-18-10-13/h11-13,15H,3-10H2,1-2H3. The maximum absolute atomic E-state index is 12.2. The van der Waals surface area contributed by atoms with Gasteiger partial charge in [0.2, 0.25) is 5.91 Å². The Balaban J connectivity index is 1.78. The number of carbonyl (C=O) groups is 1. The van der Waals surface area contributed by atoms with E-state index in [4.69, 9.17) is 4.74 Å². The van der Waals surface area contributed by atoms with Crippen molar-refractivity contribution in [2.75, 3.05) is 33.4 Å². The van der Waals surface area contributed by atoms with Crippen molar-refractivity contribution in [2.24, 2.45) is 11.8 Å². The summed E-state index contributed by atoms with van der Waals surface area (Å²) in [5.41, 5.74) is 0. The van der Waals surface area contributed by atoms with Crippen molar-refractivity contribution in [1.82, 2.24) is 10.2 Å². The molecule has 3 atom stereocenters. The monoisotopic (exact) mass is 254 g/mol. The average molecular weight is 254 g/mol. The zero-order valence-electron chi connectivity index (χ0n) is 11.7. The summed E-state index contributed by atoms with van der Waals surface area (Å²) in [6.07, 6.45) is 4.17. The Morgan fingerprint density at radius 2 is 2.33 bits per heavy atom. The van der Waals surface area contributed by atoms with E-state index >= 15 is 0 Å². The summed E-state index contributed by atoms with van der Waals surface area (Å²) >= 11 is 0. The second-order valence-electron chi connectivity index (χ2n) is 5.81. The molecule has 2 heterocycles. The molecule has 1 amide bonds. The van der Waals surface area contributed by atoms with Crippen LogP contribution in [0, 0.1) is 11.8 Å². The lowest BCUT2D eigenvalue weighted by Crippen LogP contribution is -2.40. The van der Waals surface area contributed by atoms with Crippen molar-refractivity contribution in [3.8, 4) is 0 Å². The van der Waals surface area contributed by atoms with Crippen LogP contribution in [0.5, 0.6) is 0 Å². The number of rotatable bonds is 4. The van der Waals surface area contributed by atoms with Gasteiger partial charge >= 0.3 is 0 Å². The van der Waals surface area contributed by atoms with Gasteiger partial charge in [-0.2, -0.15) is 0 Å². The van der Waals surface area contributed by atoms with E-state index in [0.717, 1.165) is 26.1 Å². The second kappa shape index (κ2) is 6.53. The fourth-order valence-electron chi connectivity index (χ4n) is 2.98. The Labute approximate surface area is 110 Å². The van der Waals surface area contributed by atoms with Crippen LogP contribution in [0.1, 0.15) is 32.6 Å². The van der Waals surface area contributed by atoms with Crippen molar-refractivity contribution in [2.45, 2.75) is 38.6 Å². The molecule has 0 aromatic heterocycles. The van der Waals surface area contributed by atoms with Gasteiger partial charge in [0.1, 0.15) is 0 Å². The lowest BCUT2D eigenvalue weighted by atomic mass is 9.85. The Hall–Kier alpha value is -0.610. The third kappa shape index (κ3) is 3.45. The van der Waals surface area contributed by atoms with Gasteiger partial charge in [-0.3, -0.25) is 4.79 Å². The lowest BCUT2D eigenvalue weighted by molar-refractivity contribution is -0.133. The third-order valence-electron chi connectivity index (χ3n) is 4.48. The smallest absolute Gasteiger partial charge is 0.222 e. The number of hydrogen-bond acceptors (Lipinski definition) is 3. The quantitative estimate of drug-likeness (QED) is 0.821. The molecule has 104 valence electrons. The molecule has 2 aliphatic rings. The minimum Gasteiger partial charge on any atom is -0.379 e. The molecule has 2 fully saturated rings. The minimum absolute atomic E-state index is 0.281. The second-order valence-corrected chi connectivity index (χ2v) is 5.81. The van der Waals surface area contributed by atoms with E-state index in [-0.39, 0.29) is 5.91 Å². The molecule has 4 nitrogen and oxygen atoms in total. The van der Waals surface area contributed by atoms with Gasteiger partial charge in [-0.25, -0.2) is 0 Å². The number of piperidine rings is 1. The molecule has 0 saturated carbocycles. The lowest BCUT2D eigenvalue weighted by Gasteiger charge is -2.30. The molecule has 2 rings (SSSR count).